The van der Waals surface area contributed by atoms with Gasteiger partial charge in [0.05, 0.1) is 12.1 Å². The maximum Gasteiger partial charge on any atom is 0.251 e. The lowest BCUT2D eigenvalue weighted by molar-refractivity contribution is -0.137. The van der Waals surface area contributed by atoms with Gasteiger partial charge in [-0.25, -0.2) is 4.39 Å². The predicted molar refractivity (Wildman–Crippen MR) is 77.3 cm³/mol. The van der Waals surface area contributed by atoms with Crippen molar-refractivity contribution in [2.75, 3.05) is 18.0 Å². The van der Waals surface area contributed by atoms with Crippen LogP contribution in [-0.4, -0.2) is 34.7 Å². The van der Waals surface area contributed by atoms with Crippen molar-refractivity contribution in [2.45, 2.75) is 18.4 Å². The molecule has 0 saturated carbocycles. The quantitative estimate of drug-likeness (QED) is 0.870. The first-order valence-electron chi connectivity index (χ1n) is 6.81. The second-order valence-corrected chi connectivity index (χ2v) is 5.41. The highest BCUT2D eigenvalue weighted by atomic mass is 19.1. The maximum absolute atomic E-state index is 13.3. The van der Waals surface area contributed by atoms with Crippen molar-refractivity contribution < 1.29 is 14.3 Å². The number of piperidine rings is 1. The zero-order chi connectivity index (χ0) is 15.0. The number of carbonyl (C=O) groups is 1. The summed E-state index contributed by atoms with van der Waals surface area (Å²) in [4.78, 5) is 17.5. The maximum atomic E-state index is 13.3. The molecular formula is C15H16FN3O2. The Morgan fingerprint density at radius 3 is 3.00 bits per heavy atom. The summed E-state index contributed by atoms with van der Waals surface area (Å²) in [6.07, 6.45) is 2.61. The Balaban J connectivity index is 2.02. The summed E-state index contributed by atoms with van der Waals surface area (Å²) >= 11 is 0. The van der Waals surface area contributed by atoms with Gasteiger partial charge in [0.2, 0.25) is 0 Å². The first kappa shape index (κ1) is 13.8. The molecule has 1 aliphatic heterocycles. The number of benzene rings is 1. The van der Waals surface area contributed by atoms with Crippen molar-refractivity contribution in [1.82, 2.24) is 4.98 Å². The molecule has 0 aliphatic carbocycles. The number of hydrogen-bond acceptors (Lipinski definition) is 4. The van der Waals surface area contributed by atoms with Crippen LogP contribution in [0.15, 0.2) is 30.5 Å². The monoisotopic (exact) mass is 289 g/mol. The molecule has 1 atom stereocenters. The van der Waals surface area contributed by atoms with Crippen LogP contribution in [0.3, 0.4) is 0 Å². The molecule has 1 aliphatic rings. The van der Waals surface area contributed by atoms with E-state index in [1.807, 2.05) is 4.90 Å². The van der Waals surface area contributed by atoms with Crippen LogP contribution in [0.4, 0.5) is 10.1 Å². The van der Waals surface area contributed by atoms with Gasteiger partial charge in [0.25, 0.3) is 5.91 Å². The second kappa shape index (κ2) is 4.96. The van der Waals surface area contributed by atoms with Gasteiger partial charge in [-0.15, -0.1) is 0 Å². The molecule has 0 radical (unpaired) electrons. The highest BCUT2D eigenvalue weighted by Crippen LogP contribution is 2.31. The largest absolute Gasteiger partial charge is 0.378 e. The van der Waals surface area contributed by atoms with Crippen molar-refractivity contribution in [3.05, 3.63) is 36.3 Å². The van der Waals surface area contributed by atoms with Crippen LogP contribution in [0, 0.1) is 5.82 Å². The van der Waals surface area contributed by atoms with E-state index in [2.05, 4.69) is 4.98 Å². The van der Waals surface area contributed by atoms with Gasteiger partial charge < -0.3 is 15.7 Å². The number of aromatic nitrogens is 1. The molecule has 1 aromatic carbocycles. The summed E-state index contributed by atoms with van der Waals surface area (Å²) in [5.74, 6) is -1.06. The minimum atomic E-state index is -1.52. The SMILES string of the molecule is NC(=O)C1(O)CCCN(c2ccnc3cc(F)ccc23)C1. The third-order valence-electron chi connectivity index (χ3n) is 3.95. The van der Waals surface area contributed by atoms with Crippen molar-refractivity contribution in [3.8, 4) is 0 Å². The van der Waals surface area contributed by atoms with E-state index in [0.717, 1.165) is 11.1 Å². The van der Waals surface area contributed by atoms with Crippen LogP contribution in [0.1, 0.15) is 12.8 Å². The Hall–Kier alpha value is -2.21. The summed E-state index contributed by atoms with van der Waals surface area (Å²) in [7, 11) is 0. The smallest absolute Gasteiger partial charge is 0.251 e. The number of pyridine rings is 1. The van der Waals surface area contributed by atoms with Gasteiger partial charge >= 0.3 is 0 Å². The molecule has 1 amide bonds. The minimum Gasteiger partial charge on any atom is -0.378 e. The normalized spacial score (nSPS) is 22.5. The third-order valence-corrected chi connectivity index (χ3v) is 3.95. The summed E-state index contributed by atoms with van der Waals surface area (Å²) in [6, 6.07) is 6.19. The number of rotatable bonds is 2. The number of halogens is 1. The van der Waals surface area contributed by atoms with E-state index in [0.29, 0.717) is 24.9 Å². The lowest BCUT2D eigenvalue weighted by Gasteiger charge is -2.38. The van der Waals surface area contributed by atoms with E-state index in [1.165, 1.54) is 12.1 Å². The van der Waals surface area contributed by atoms with Gasteiger partial charge in [-0.1, -0.05) is 0 Å². The number of carbonyl (C=O) groups excluding carboxylic acids is 1. The number of nitrogens with zero attached hydrogens (tertiary/aromatic N) is 2. The molecule has 2 aromatic rings. The Kier molecular flexibility index (Phi) is 3.25. The van der Waals surface area contributed by atoms with Crippen molar-refractivity contribution >= 4 is 22.5 Å². The summed E-state index contributed by atoms with van der Waals surface area (Å²) in [5.41, 5.74) is 5.14. The summed E-state index contributed by atoms with van der Waals surface area (Å²) < 4.78 is 13.3. The van der Waals surface area contributed by atoms with E-state index in [1.54, 1.807) is 18.3 Å². The van der Waals surface area contributed by atoms with Gasteiger partial charge in [-0.05, 0) is 31.0 Å². The average molecular weight is 289 g/mol. The molecule has 6 heteroatoms. The van der Waals surface area contributed by atoms with E-state index in [9.17, 15) is 14.3 Å². The van der Waals surface area contributed by atoms with Crippen LogP contribution in [0.5, 0.6) is 0 Å². The molecule has 3 N–H and O–H groups in total. The fourth-order valence-corrected chi connectivity index (χ4v) is 2.82. The number of aliphatic hydroxyl groups is 1. The van der Waals surface area contributed by atoms with Gasteiger partial charge in [-0.2, -0.15) is 0 Å². The minimum absolute atomic E-state index is 0.138. The molecule has 0 spiro atoms. The molecule has 5 nitrogen and oxygen atoms in total. The molecule has 1 aromatic heterocycles. The van der Waals surface area contributed by atoms with Crippen LogP contribution in [0.25, 0.3) is 10.9 Å². The van der Waals surface area contributed by atoms with Gasteiger partial charge in [0.1, 0.15) is 5.82 Å². The lowest BCUT2D eigenvalue weighted by Crippen LogP contribution is -2.56. The molecule has 3 rings (SSSR count). The molecule has 0 bridgehead atoms. The van der Waals surface area contributed by atoms with Crippen molar-refractivity contribution in [2.24, 2.45) is 5.73 Å². The molecule has 2 heterocycles. The first-order chi connectivity index (χ1) is 9.99. The molecule has 1 unspecified atom stereocenters. The van der Waals surface area contributed by atoms with Crippen LogP contribution in [0.2, 0.25) is 0 Å². The highest BCUT2D eigenvalue weighted by molar-refractivity contribution is 5.92. The second-order valence-electron chi connectivity index (χ2n) is 5.41. The fraction of sp³-hybridized carbons (Fsp3) is 0.333. The highest BCUT2D eigenvalue weighted by Gasteiger charge is 2.39. The molecular weight excluding hydrogens is 273 g/mol. The summed E-state index contributed by atoms with van der Waals surface area (Å²) in [5, 5.41) is 11.1. The Labute approximate surface area is 121 Å². The zero-order valence-electron chi connectivity index (χ0n) is 11.4. The fourth-order valence-electron chi connectivity index (χ4n) is 2.82. The standard InChI is InChI=1S/C15H16FN3O2/c16-10-2-3-11-12(8-10)18-6-4-13(11)19-7-1-5-15(21,9-19)14(17)20/h2-4,6,8,21H,1,5,7,9H2,(H2,17,20). The average Bonchev–Trinajstić information content (AvgIpc) is 2.46. The van der Waals surface area contributed by atoms with E-state index in [4.69, 9.17) is 5.73 Å². The Morgan fingerprint density at radius 1 is 1.43 bits per heavy atom. The Bertz CT molecular complexity index is 706. The first-order valence-corrected chi connectivity index (χ1v) is 6.81. The van der Waals surface area contributed by atoms with E-state index in [-0.39, 0.29) is 12.4 Å². The van der Waals surface area contributed by atoms with Gasteiger partial charge in [0, 0.05) is 29.9 Å². The van der Waals surface area contributed by atoms with Crippen LogP contribution < -0.4 is 10.6 Å². The molecule has 21 heavy (non-hydrogen) atoms. The zero-order valence-corrected chi connectivity index (χ0v) is 11.4. The van der Waals surface area contributed by atoms with Crippen molar-refractivity contribution in [1.29, 1.82) is 0 Å². The van der Waals surface area contributed by atoms with Crippen LogP contribution in [-0.2, 0) is 4.79 Å². The van der Waals surface area contributed by atoms with E-state index >= 15 is 0 Å². The third kappa shape index (κ3) is 2.42. The molecule has 1 saturated heterocycles. The van der Waals surface area contributed by atoms with Gasteiger partial charge in [-0.3, -0.25) is 9.78 Å². The lowest BCUT2D eigenvalue weighted by atomic mass is 9.91. The Morgan fingerprint density at radius 2 is 2.24 bits per heavy atom. The summed E-state index contributed by atoms with van der Waals surface area (Å²) in [6.45, 7) is 0.838. The molecule has 1 fully saturated rings. The predicted octanol–water partition coefficient (Wildman–Crippen LogP) is 1.19. The van der Waals surface area contributed by atoms with Crippen LogP contribution >= 0.6 is 0 Å². The van der Waals surface area contributed by atoms with Gasteiger partial charge in [0.15, 0.2) is 5.60 Å². The number of primary amides is 1. The number of fused-ring (bicyclic) bond motifs is 1. The van der Waals surface area contributed by atoms with Crippen molar-refractivity contribution in [3.63, 3.8) is 0 Å². The topological polar surface area (TPSA) is 79.5 Å². The number of hydrogen-bond donors (Lipinski definition) is 2. The number of anilines is 1. The number of β-amino-alcohol motifs (C(OH)–C–C–N with tert-alkyl or cyclic N) is 1. The molecule has 110 valence electrons. The van der Waals surface area contributed by atoms with E-state index < -0.39 is 11.5 Å². The number of nitrogens with two attached hydrogens (primary N) is 1. The number of amides is 1.